The highest BCUT2D eigenvalue weighted by molar-refractivity contribution is 6.31. The van der Waals surface area contributed by atoms with Crippen molar-refractivity contribution in [1.29, 1.82) is 0 Å². The molecule has 2 atom stereocenters. The van der Waals surface area contributed by atoms with Gasteiger partial charge in [-0.05, 0) is 49.1 Å². The van der Waals surface area contributed by atoms with E-state index in [-0.39, 0.29) is 34.1 Å². The van der Waals surface area contributed by atoms with Crippen molar-refractivity contribution in [2.45, 2.75) is 19.3 Å². The normalized spacial score (nSPS) is 17.5. The summed E-state index contributed by atoms with van der Waals surface area (Å²) in [6, 6.07) is 7.98. The number of methoxy groups -OCH3 is 3. The Morgan fingerprint density at radius 2 is 1.77 bits per heavy atom. The Kier molecular flexibility index (Phi) is 5.26. The van der Waals surface area contributed by atoms with Crippen LogP contribution < -0.4 is 18.6 Å². The average Bonchev–Trinajstić information content (AvgIpc) is 3.57. The van der Waals surface area contributed by atoms with Gasteiger partial charge in [-0.15, -0.1) is 0 Å². The van der Waals surface area contributed by atoms with Gasteiger partial charge < -0.3 is 24.1 Å². The Bertz CT molecular complexity index is 1240. The number of hydrogen-bond acceptors (Lipinski definition) is 6. The zero-order valence-electron chi connectivity index (χ0n) is 17.5. The van der Waals surface area contributed by atoms with Gasteiger partial charge >= 0.3 is 5.69 Å². The number of halogens is 1. The molecule has 0 radical (unpaired) electrons. The van der Waals surface area contributed by atoms with Crippen molar-refractivity contribution < 1.29 is 23.4 Å². The minimum absolute atomic E-state index is 0.0569. The molecular formula is C22H21ClN2O6. The van der Waals surface area contributed by atoms with Gasteiger partial charge in [0.25, 0.3) is 5.52 Å². The van der Waals surface area contributed by atoms with Crippen molar-refractivity contribution in [3.63, 3.8) is 0 Å². The molecule has 2 aromatic carbocycles. The topological polar surface area (TPSA) is 95.7 Å². The van der Waals surface area contributed by atoms with Crippen molar-refractivity contribution in [3.05, 3.63) is 62.4 Å². The minimum Gasteiger partial charge on any atom is -0.805 e. The first-order chi connectivity index (χ1) is 14.8. The zero-order chi connectivity index (χ0) is 22.4. The van der Waals surface area contributed by atoms with E-state index in [2.05, 4.69) is 0 Å². The number of hydrogen-bond donors (Lipinski definition) is 0. The van der Waals surface area contributed by atoms with E-state index in [0.717, 1.165) is 5.56 Å². The number of carbonyl (C=O) groups excluding carboxylic acids is 1. The number of benzene rings is 2. The Labute approximate surface area is 183 Å². The van der Waals surface area contributed by atoms with Crippen LogP contribution >= 0.6 is 11.6 Å². The maximum absolute atomic E-state index is 13.3. The molecule has 1 saturated carbocycles. The fourth-order valence-corrected chi connectivity index (χ4v) is 4.16. The molecule has 162 valence electrons. The largest absolute Gasteiger partial charge is 0.805 e. The maximum Gasteiger partial charge on any atom is 0.325 e. The molecule has 4 rings (SSSR count). The lowest BCUT2D eigenvalue weighted by atomic mass is 10.0. The zero-order valence-corrected chi connectivity index (χ0v) is 18.2. The maximum atomic E-state index is 13.3. The number of aromatic nitrogens is 2. The average molecular weight is 445 g/mol. The molecule has 8 nitrogen and oxygen atoms in total. The van der Waals surface area contributed by atoms with E-state index in [1.807, 2.05) is 0 Å². The summed E-state index contributed by atoms with van der Waals surface area (Å²) < 4.78 is 17.2. The number of carbonyl (C=O) groups is 1. The second-order valence-electron chi connectivity index (χ2n) is 7.43. The van der Waals surface area contributed by atoms with Crippen LogP contribution in [0.1, 0.15) is 34.1 Å². The quantitative estimate of drug-likeness (QED) is 0.423. The first-order valence-corrected chi connectivity index (χ1v) is 9.99. The lowest BCUT2D eigenvalue weighted by Gasteiger charge is -2.16. The summed E-state index contributed by atoms with van der Waals surface area (Å²) in [5.74, 6) is 0.502. The standard InChI is InChI=1S/C22H21ClN2O6/c1-11-20(25(28)17-9-13(23)5-6-16(17)24(11)27)21(26)15-10-14(15)12-7-18(29-2)22(31-4)19(8-12)30-3/h5-9,14-15H,10H2,1-4H3. The van der Waals surface area contributed by atoms with Crippen LogP contribution in [-0.4, -0.2) is 31.8 Å². The monoisotopic (exact) mass is 444 g/mol. The van der Waals surface area contributed by atoms with Crippen LogP contribution in [0.3, 0.4) is 0 Å². The third-order valence-corrected chi connectivity index (χ3v) is 5.94. The fraction of sp³-hybridized carbons (Fsp3) is 0.318. The van der Waals surface area contributed by atoms with Gasteiger partial charge in [0.2, 0.25) is 11.5 Å². The fourth-order valence-electron chi connectivity index (χ4n) is 4.00. The number of rotatable bonds is 6. The van der Waals surface area contributed by atoms with Gasteiger partial charge in [0.15, 0.2) is 11.5 Å². The lowest BCUT2D eigenvalue weighted by molar-refractivity contribution is -0.468. The summed E-state index contributed by atoms with van der Waals surface area (Å²) in [5.41, 5.74) is 0.948. The van der Waals surface area contributed by atoms with Crippen LogP contribution in [0.25, 0.3) is 11.0 Å². The number of ketones is 1. The number of ether oxygens (including phenoxy) is 3. The summed E-state index contributed by atoms with van der Waals surface area (Å²) in [4.78, 5) is 26.2. The molecule has 0 bridgehead atoms. The second-order valence-corrected chi connectivity index (χ2v) is 7.86. The molecule has 0 amide bonds. The van der Waals surface area contributed by atoms with E-state index in [4.69, 9.17) is 25.8 Å². The van der Waals surface area contributed by atoms with Crippen LogP contribution in [-0.2, 0) is 0 Å². The van der Waals surface area contributed by atoms with Gasteiger partial charge in [-0.3, -0.25) is 4.79 Å². The van der Waals surface area contributed by atoms with Crippen LogP contribution in [0.15, 0.2) is 30.3 Å². The molecule has 2 unspecified atom stereocenters. The highest BCUT2D eigenvalue weighted by Gasteiger charge is 2.48. The first-order valence-electron chi connectivity index (χ1n) is 9.61. The molecule has 0 spiro atoms. The first kappa shape index (κ1) is 21.0. The van der Waals surface area contributed by atoms with Crippen molar-refractivity contribution in [2.24, 2.45) is 5.92 Å². The van der Waals surface area contributed by atoms with Gasteiger partial charge in [0, 0.05) is 21.9 Å². The van der Waals surface area contributed by atoms with E-state index in [1.165, 1.54) is 46.5 Å². The van der Waals surface area contributed by atoms with E-state index in [0.29, 0.717) is 37.8 Å². The minimum atomic E-state index is -0.432. The Hall–Kier alpha value is -3.26. The second kappa shape index (κ2) is 7.77. The van der Waals surface area contributed by atoms with Crippen molar-refractivity contribution in [2.75, 3.05) is 21.3 Å². The van der Waals surface area contributed by atoms with E-state index < -0.39 is 5.92 Å². The van der Waals surface area contributed by atoms with Crippen LogP contribution in [0.2, 0.25) is 5.02 Å². The molecule has 1 aliphatic rings. The molecular weight excluding hydrogens is 424 g/mol. The summed E-state index contributed by atoms with van der Waals surface area (Å²) in [6.45, 7) is 1.47. The van der Waals surface area contributed by atoms with E-state index in [9.17, 15) is 14.9 Å². The lowest BCUT2D eigenvalue weighted by Crippen LogP contribution is -2.31. The van der Waals surface area contributed by atoms with Gasteiger partial charge in [-0.1, -0.05) is 11.6 Å². The van der Waals surface area contributed by atoms with Crippen LogP contribution in [0, 0.1) is 23.0 Å². The number of nitrogens with zero attached hydrogens (tertiary/aromatic N) is 2. The molecule has 9 heteroatoms. The molecule has 31 heavy (non-hydrogen) atoms. The molecule has 1 aromatic heterocycles. The van der Waals surface area contributed by atoms with Crippen molar-refractivity contribution in [1.82, 2.24) is 4.73 Å². The molecule has 0 saturated heterocycles. The third-order valence-electron chi connectivity index (χ3n) is 5.70. The number of fused-ring (bicyclic) bond motifs is 1. The highest BCUT2D eigenvalue weighted by atomic mass is 35.5. The summed E-state index contributed by atoms with van der Waals surface area (Å²) in [7, 11) is 4.56. The van der Waals surface area contributed by atoms with E-state index >= 15 is 0 Å². The summed E-state index contributed by atoms with van der Waals surface area (Å²) in [6.07, 6.45) is 0.545. The van der Waals surface area contributed by atoms with Crippen molar-refractivity contribution >= 4 is 28.4 Å². The molecule has 1 aliphatic carbocycles. The van der Waals surface area contributed by atoms with Crippen LogP contribution in [0.4, 0.5) is 0 Å². The van der Waals surface area contributed by atoms with Gasteiger partial charge in [0.1, 0.15) is 5.52 Å². The molecule has 3 aromatic rings. The summed E-state index contributed by atoms with van der Waals surface area (Å²) in [5, 5.41) is 13.0. The summed E-state index contributed by atoms with van der Waals surface area (Å²) >= 11 is 5.99. The molecule has 1 fully saturated rings. The third kappa shape index (κ3) is 3.37. The predicted octanol–water partition coefficient (Wildman–Crippen LogP) is 3.88. The molecule has 0 N–H and O–H groups in total. The SMILES string of the molecule is COc1cc(C2CC2C(=O)c2c(C)n([O-])c3ccc(Cl)cc3[n+]2=O)cc(OC)c1OC. The Balaban J connectivity index is 1.74. The smallest absolute Gasteiger partial charge is 0.325 e. The van der Waals surface area contributed by atoms with Crippen LogP contribution in [0.5, 0.6) is 17.2 Å². The van der Waals surface area contributed by atoms with Gasteiger partial charge in [0.05, 0.1) is 31.5 Å². The Morgan fingerprint density at radius 1 is 1.13 bits per heavy atom. The van der Waals surface area contributed by atoms with Gasteiger partial charge in [-0.2, -0.15) is 0 Å². The van der Waals surface area contributed by atoms with Crippen molar-refractivity contribution in [3.8, 4) is 17.2 Å². The van der Waals surface area contributed by atoms with E-state index in [1.54, 1.807) is 12.1 Å². The molecule has 1 heterocycles. The molecule has 0 aliphatic heterocycles. The highest BCUT2D eigenvalue weighted by Crippen LogP contribution is 2.52. The number of Topliss-reactive ketones (excluding diaryl/α,β-unsaturated/α-hetero) is 1. The van der Waals surface area contributed by atoms with Gasteiger partial charge in [-0.25, -0.2) is 0 Å². The Morgan fingerprint density at radius 3 is 2.35 bits per heavy atom. The predicted molar refractivity (Wildman–Crippen MR) is 115 cm³/mol.